The van der Waals surface area contributed by atoms with Gasteiger partial charge in [-0.1, -0.05) is 18.5 Å². The maximum absolute atomic E-state index is 13.4. The quantitative estimate of drug-likeness (QED) is 0.850. The monoisotopic (exact) mass is 285 g/mol. The molecule has 1 aromatic carbocycles. The lowest BCUT2D eigenvalue weighted by Crippen LogP contribution is -2.26. The molecule has 1 fully saturated rings. The zero-order valence-electron chi connectivity index (χ0n) is 11.3. The van der Waals surface area contributed by atoms with Crippen LogP contribution in [0.25, 0.3) is 0 Å². The molecule has 0 amide bonds. The van der Waals surface area contributed by atoms with Gasteiger partial charge in [0.15, 0.2) is 0 Å². The smallest absolute Gasteiger partial charge is 0.123 e. The van der Waals surface area contributed by atoms with Gasteiger partial charge in [-0.05, 0) is 56.0 Å². The van der Waals surface area contributed by atoms with Crippen LogP contribution in [0.2, 0.25) is 5.02 Å². The molecule has 0 saturated carbocycles. The van der Waals surface area contributed by atoms with Gasteiger partial charge in [0.25, 0.3) is 0 Å². The molecule has 4 heteroatoms. The van der Waals surface area contributed by atoms with E-state index in [9.17, 15) is 4.39 Å². The van der Waals surface area contributed by atoms with Crippen LogP contribution < -0.4 is 5.32 Å². The molecular formula is C15H21ClFNO. The van der Waals surface area contributed by atoms with Crippen molar-refractivity contribution in [1.82, 2.24) is 5.32 Å². The molecule has 2 rings (SSSR count). The number of rotatable bonds is 6. The van der Waals surface area contributed by atoms with Crippen molar-refractivity contribution in [3.63, 3.8) is 0 Å². The van der Waals surface area contributed by atoms with Gasteiger partial charge in [-0.3, -0.25) is 0 Å². The number of nitrogens with one attached hydrogen (secondary N) is 1. The highest BCUT2D eigenvalue weighted by molar-refractivity contribution is 6.31. The fraction of sp³-hybridized carbons (Fsp3) is 0.600. The minimum atomic E-state index is -0.241. The van der Waals surface area contributed by atoms with Crippen molar-refractivity contribution < 1.29 is 9.13 Å². The van der Waals surface area contributed by atoms with Crippen molar-refractivity contribution in [2.24, 2.45) is 0 Å². The van der Waals surface area contributed by atoms with Gasteiger partial charge >= 0.3 is 0 Å². The van der Waals surface area contributed by atoms with Crippen molar-refractivity contribution in [1.29, 1.82) is 0 Å². The minimum Gasteiger partial charge on any atom is -0.378 e. The van der Waals surface area contributed by atoms with Crippen molar-refractivity contribution in [2.75, 3.05) is 13.2 Å². The van der Waals surface area contributed by atoms with Gasteiger partial charge in [0.2, 0.25) is 0 Å². The van der Waals surface area contributed by atoms with Crippen LogP contribution in [0.1, 0.15) is 44.2 Å². The van der Waals surface area contributed by atoms with Crippen LogP contribution in [0.4, 0.5) is 4.39 Å². The molecule has 1 aromatic rings. The Hall–Kier alpha value is -0.640. The Morgan fingerprint density at radius 3 is 3.05 bits per heavy atom. The van der Waals surface area contributed by atoms with Gasteiger partial charge in [0, 0.05) is 17.7 Å². The maximum atomic E-state index is 13.4. The summed E-state index contributed by atoms with van der Waals surface area (Å²) in [6, 6.07) is 4.62. The predicted octanol–water partition coefficient (Wildman–Crippen LogP) is 4.09. The number of benzene rings is 1. The summed E-state index contributed by atoms with van der Waals surface area (Å²) in [6.07, 6.45) is 4.34. The second-order valence-corrected chi connectivity index (χ2v) is 5.45. The molecule has 1 saturated heterocycles. The Kier molecular flexibility index (Phi) is 5.61. The zero-order chi connectivity index (χ0) is 13.7. The van der Waals surface area contributed by atoms with Gasteiger partial charge in [-0.15, -0.1) is 0 Å². The van der Waals surface area contributed by atoms with Crippen LogP contribution >= 0.6 is 11.6 Å². The van der Waals surface area contributed by atoms with E-state index in [1.807, 2.05) is 0 Å². The van der Waals surface area contributed by atoms with E-state index in [1.165, 1.54) is 12.1 Å². The summed E-state index contributed by atoms with van der Waals surface area (Å²) in [5.41, 5.74) is 0.839. The fourth-order valence-electron chi connectivity index (χ4n) is 2.51. The van der Waals surface area contributed by atoms with Gasteiger partial charge in [0.05, 0.1) is 6.10 Å². The first-order valence-corrected chi connectivity index (χ1v) is 7.38. The third-order valence-electron chi connectivity index (χ3n) is 3.50. The summed E-state index contributed by atoms with van der Waals surface area (Å²) in [6.45, 7) is 3.84. The summed E-state index contributed by atoms with van der Waals surface area (Å²) in [5.74, 6) is -0.241. The first-order chi connectivity index (χ1) is 9.20. The third-order valence-corrected chi connectivity index (χ3v) is 3.84. The molecule has 0 aromatic heterocycles. The number of hydrogen-bond donors (Lipinski definition) is 1. The third kappa shape index (κ3) is 4.16. The molecule has 1 N–H and O–H groups in total. The Balaban J connectivity index is 2.12. The Bertz CT molecular complexity index is 407. The van der Waals surface area contributed by atoms with Crippen molar-refractivity contribution in [3.8, 4) is 0 Å². The highest BCUT2D eigenvalue weighted by Gasteiger charge is 2.23. The summed E-state index contributed by atoms with van der Waals surface area (Å²) < 4.78 is 19.1. The van der Waals surface area contributed by atoms with E-state index in [1.54, 1.807) is 6.07 Å². The first-order valence-electron chi connectivity index (χ1n) is 7.00. The average molecular weight is 286 g/mol. The van der Waals surface area contributed by atoms with E-state index in [0.29, 0.717) is 5.02 Å². The summed E-state index contributed by atoms with van der Waals surface area (Å²) >= 11 is 6.21. The summed E-state index contributed by atoms with van der Waals surface area (Å²) in [7, 11) is 0. The average Bonchev–Trinajstić information content (AvgIpc) is 2.90. The molecule has 0 spiro atoms. The van der Waals surface area contributed by atoms with E-state index in [2.05, 4.69) is 12.2 Å². The fourth-order valence-corrected chi connectivity index (χ4v) is 2.76. The second kappa shape index (κ2) is 7.22. The Morgan fingerprint density at radius 1 is 1.53 bits per heavy atom. The molecule has 1 heterocycles. The molecule has 2 unspecified atom stereocenters. The predicted molar refractivity (Wildman–Crippen MR) is 76.0 cm³/mol. The van der Waals surface area contributed by atoms with Gasteiger partial charge < -0.3 is 10.1 Å². The minimum absolute atomic E-state index is 0.0613. The molecule has 0 bridgehead atoms. The van der Waals surface area contributed by atoms with Crippen LogP contribution in [0, 0.1) is 5.82 Å². The van der Waals surface area contributed by atoms with Gasteiger partial charge in [-0.2, -0.15) is 0 Å². The van der Waals surface area contributed by atoms with Crippen molar-refractivity contribution in [3.05, 3.63) is 34.6 Å². The molecule has 106 valence electrons. The van der Waals surface area contributed by atoms with Gasteiger partial charge in [-0.25, -0.2) is 4.39 Å². The zero-order valence-corrected chi connectivity index (χ0v) is 12.0. The molecule has 19 heavy (non-hydrogen) atoms. The molecule has 1 aliphatic rings. The number of halogens is 2. The van der Waals surface area contributed by atoms with Crippen LogP contribution in [0.3, 0.4) is 0 Å². The van der Waals surface area contributed by atoms with E-state index >= 15 is 0 Å². The molecule has 0 aliphatic carbocycles. The van der Waals surface area contributed by atoms with E-state index in [-0.39, 0.29) is 18.0 Å². The van der Waals surface area contributed by atoms with E-state index < -0.39 is 0 Å². The maximum Gasteiger partial charge on any atom is 0.123 e. The standard InChI is InChI=1S/C15H21ClFNO/c1-2-7-18-15(10-12-4-3-8-19-12)13-9-11(17)5-6-14(13)16/h5-6,9,12,15,18H,2-4,7-8,10H2,1H3. The summed E-state index contributed by atoms with van der Waals surface area (Å²) in [4.78, 5) is 0. The van der Waals surface area contributed by atoms with Gasteiger partial charge in [0.1, 0.15) is 5.82 Å². The molecule has 1 aliphatic heterocycles. The first kappa shape index (κ1) is 14.8. The van der Waals surface area contributed by atoms with Crippen LogP contribution in [-0.2, 0) is 4.74 Å². The van der Waals surface area contributed by atoms with E-state index in [4.69, 9.17) is 16.3 Å². The van der Waals surface area contributed by atoms with E-state index in [0.717, 1.165) is 44.4 Å². The lowest BCUT2D eigenvalue weighted by molar-refractivity contribution is 0.0945. The molecule has 2 atom stereocenters. The molecular weight excluding hydrogens is 265 g/mol. The van der Waals surface area contributed by atoms with Crippen LogP contribution in [0.15, 0.2) is 18.2 Å². The van der Waals surface area contributed by atoms with Crippen LogP contribution in [-0.4, -0.2) is 19.3 Å². The molecule has 2 nitrogen and oxygen atoms in total. The normalized spacial score (nSPS) is 20.7. The highest BCUT2D eigenvalue weighted by Crippen LogP contribution is 2.30. The number of ether oxygens (including phenoxy) is 1. The van der Waals surface area contributed by atoms with Crippen molar-refractivity contribution >= 4 is 11.6 Å². The Morgan fingerprint density at radius 2 is 2.37 bits per heavy atom. The summed E-state index contributed by atoms with van der Waals surface area (Å²) in [5, 5.41) is 4.07. The number of hydrogen-bond acceptors (Lipinski definition) is 2. The highest BCUT2D eigenvalue weighted by atomic mass is 35.5. The lowest BCUT2D eigenvalue weighted by atomic mass is 9.99. The Labute approximate surface area is 119 Å². The largest absolute Gasteiger partial charge is 0.378 e. The van der Waals surface area contributed by atoms with Crippen molar-refractivity contribution in [2.45, 2.75) is 44.8 Å². The van der Waals surface area contributed by atoms with Crippen LogP contribution in [0.5, 0.6) is 0 Å². The molecule has 0 radical (unpaired) electrons. The topological polar surface area (TPSA) is 21.3 Å². The SMILES string of the molecule is CCCNC(CC1CCCO1)c1cc(F)ccc1Cl. The lowest BCUT2D eigenvalue weighted by Gasteiger charge is -2.23. The second-order valence-electron chi connectivity index (χ2n) is 5.04.